The minimum Gasteiger partial charge on any atom is -0.286 e. The number of benzene rings is 1. The van der Waals surface area contributed by atoms with E-state index in [4.69, 9.17) is 4.98 Å². The van der Waals surface area contributed by atoms with Crippen molar-refractivity contribution in [2.24, 2.45) is 5.92 Å². The van der Waals surface area contributed by atoms with Crippen molar-refractivity contribution in [1.82, 2.24) is 9.55 Å². The highest BCUT2D eigenvalue weighted by Gasteiger charge is 2.13. The lowest BCUT2D eigenvalue weighted by Crippen LogP contribution is -2.24. The Morgan fingerprint density at radius 3 is 2.73 bits per heavy atom. The number of rotatable bonds is 5. The molecule has 0 atom stereocenters. The van der Waals surface area contributed by atoms with E-state index in [1.54, 1.807) is 11.8 Å². The summed E-state index contributed by atoms with van der Waals surface area (Å²) in [4.78, 5) is 17.4. The molecule has 0 bridgehead atoms. The van der Waals surface area contributed by atoms with Crippen molar-refractivity contribution in [3.63, 3.8) is 0 Å². The molecule has 0 fully saturated rings. The van der Waals surface area contributed by atoms with Gasteiger partial charge in [-0.2, -0.15) is 0 Å². The molecule has 0 aliphatic heterocycles. The fourth-order valence-electron chi connectivity index (χ4n) is 2.28. The van der Waals surface area contributed by atoms with Crippen molar-refractivity contribution in [2.75, 3.05) is 0 Å². The number of thioether (sulfide) groups is 1. The summed E-state index contributed by atoms with van der Waals surface area (Å²) < 4.78 is 2.58. The van der Waals surface area contributed by atoms with Crippen LogP contribution in [0.1, 0.15) is 19.4 Å². The highest BCUT2D eigenvalue weighted by molar-refractivity contribution is 7.98. The molecule has 0 unspecified atom stereocenters. The third-order valence-corrected chi connectivity index (χ3v) is 5.23. The maximum Gasteiger partial charge on any atom is 0.272 e. The number of nitrogens with zero attached hydrogens (tertiary/aromatic N) is 2. The topological polar surface area (TPSA) is 34.9 Å². The highest BCUT2D eigenvalue weighted by Crippen LogP contribution is 2.24. The van der Waals surface area contributed by atoms with Crippen LogP contribution in [0, 0.1) is 5.92 Å². The molecule has 5 heteroatoms. The molecule has 114 valence electrons. The van der Waals surface area contributed by atoms with Gasteiger partial charge in [-0.1, -0.05) is 55.9 Å². The molecule has 0 saturated heterocycles. The van der Waals surface area contributed by atoms with Crippen LogP contribution in [0.3, 0.4) is 0 Å². The number of aromatic nitrogens is 2. The lowest BCUT2D eigenvalue weighted by atomic mass is 10.2. The van der Waals surface area contributed by atoms with Gasteiger partial charge in [-0.15, -0.1) is 11.3 Å². The molecule has 1 aromatic carbocycles. The number of thiophene rings is 1. The van der Waals surface area contributed by atoms with Crippen molar-refractivity contribution in [1.29, 1.82) is 0 Å². The number of fused-ring (bicyclic) bond motifs is 1. The first kappa shape index (κ1) is 15.3. The van der Waals surface area contributed by atoms with Crippen LogP contribution in [0.5, 0.6) is 0 Å². The first-order valence-electron chi connectivity index (χ1n) is 7.30. The van der Waals surface area contributed by atoms with Gasteiger partial charge >= 0.3 is 0 Å². The zero-order valence-electron chi connectivity index (χ0n) is 12.7. The van der Waals surface area contributed by atoms with Crippen LogP contribution < -0.4 is 5.56 Å². The SMILES string of the molecule is CC(C)Cn1c(SCc2ccccc2)nc2ccsc2c1=O. The van der Waals surface area contributed by atoms with E-state index in [-0.39, 0.29) is 5.56 Å². The molecule has 0 spiro atoms. The third kappa shape index (κ3) is 3.25. The Labute approximate surface area is 138 Å². The molecule has 2 heterocycles. The van der Waals surface area contributed by atoms with Crippen molar-refractivity contribution in [3.8, 4) is 0 Å². The van der Waals surface area contributed by atoms with Gasteiger partial charge < -0.3 is 0 Å². The zero-order chi connectivity index (χ0) is 15.5. The number of hydrogen-bond acceptors (Lipinski definition) is 4. The third-order valence-electron chi connectivity index (χ3n) is 3.29. The minimum absolute atomic E-state index is 0.0873. The van der Waals surface area contributed by atoms with Crippen LogP contribution in [0.4, 0.5) is 0 Å². The van der Waals surface area contributed by atoms with Crippen LogP contribution in [-0.4, -0.2) is 9.55 Å². The van der Waals surface area contributed by atoms with E-state index in [1.807, 2.05) is 34.2 Å². The molecular formula is C17H18N2OS2. The second-order valence-electron chi connectivity index (χ2n) is 5.61. The predicted octanol–water partition coefficient (Wildman–Crippen LogP) is 4.41. The average molecular weight is 330 g/mol. The average Bonchev–Trinajstić information content (AvgIpc) is 2.98. The van der Waals surface area contributed by atoms with Gasteiger partial charge in [0, 0.05) is 12.3 Å². The molecule has 3 rings (SSSR count). The monoisotopic (exact) mass is 330 g/mol. The van der Waals surface area contributed by atoms with Crippen LogP contribution in [0.2, 0.25) is 0 Å². The lowest BCUT2D eigenvalue weighted by molar-refractivity contribution is 0.475. The summed E-state index contributed by atoms with van der Waals surface area (Å²) in [6, 6.07) is 12.2. The summed E-state index contributed by atoms with van der Waals surface area (Å²) in [5.74, 6) is 1.23. The Morgan fingerprint density at radius 1 is 1.23 bits per heavy atom. The van der Waals surface area contributed by atoms with Crippen molar-refractivity contribution in [3.05, 3.63) is 57.7 Å². The summed E-state index contributed by atoms with van der Waals surface area (Å²) in [5, 5.41) is 2.75. The van der Waals surface area contributed by atoms with E-state index in [0.29, 0.717) is 12.5 Å². The highest BCUT2D eigenvalue weighted by atomic mass is 32.2. The van der Waals surface area contributed by atoms with Gasteiger partial charge in [0.15, 0.2) is 5.16 Å². The second kappa shape index (κ2) is 6.67. The molecule has 0 saturated carbocycles. The molecule has 0 N–H and O–H groups in total. The van der Waals surface area contributed by atoms with Gasteiger partial charge in [0.1, 0.15) is 4.70 Å². The van der Waals surface area contributed by atoms with E-state index in [2.05, 4.69) is 26.0 Å². The van der Waals surface area contributed by atoms with Crippen LogP contribution in [0.25, 0.3) is 10.2 Å². The molecule has 0 aliphatic carbocycles. The Hall–Kier alpha value is -1.59. The van der Waals surface area contributed by atoms with Gasteiger partial charge in [0.2, 0.25) is 0 Å². The quantitative estimate of drug-likeness (QED) is 0.513. The molecule has 22 heavy (non-hydrogen) atoms. The first-order valence-corrected chi connectivity index (χ1v) is 9.16. The van der Waals surface area contributed by atoms with Gasteiger partial charge in [0.25, 0.3) is 5.56 Å². The maximum absolute atomic E-state index is 12.7. The van der Waals surface area contributed by atoms with Gasteiger partial charge in [-0.3, -0.25) is 9.36 Å². The Morgan fingerprint density at radius 2 is 2.00 bits per heavy atom. The van der Waals surface area contributed by atoms with E-state index < -0.39 is 0 Å². The first-order chi connectivity index (χ1) is 10.6. The Bertz CT molecular complexity index is 822. The summed E-state index contributed by atoms with van der Waals surface area (Å²) in [6.45, 7) is 4.95. The van der Waals surface area contributed by atoms with Crippen LogP contribution in [0.15, 0.2) is 51.7 Å². The predicted molar refractivity (Wildman–Crippen MR) is 94.7 cm³/mol. The number of hydrogen-bond donors (Lipinski definition) is 0. The van der Waals surface area contributed by atoms with Crippen molar-refractivity contribution >= 4 is 33.3 Å². The Balaban J connectivity index is 1.97. The molecule has 0 amide bonds. The van der Waals surface area contributed by atoms with Gasteiger partial charge in [-0.25, -0.2) is 4.98 Å². The summed E-state index contributed by atoms with van der Waals surface area (Å²) in [6.07, 6.45) is 0. The minimum atomic E-state index is 0.0873. The zero-order valence-corrected chi connectivity index (χ0v) is 14.3. The fraction of sp³-hybridized carbons (Fsp3) is 0.294. The largest absolute Gasteiger partial charge is 0.286 e. The van der Waals surface area contributed by atoms with Gasteiger partial charge in [0.05, 0.1) is 5.52 Å². The summed E-state index contributed by atoms with van der Waals surface area (Å²) in [5.41, 5.74) is 2.14. The molecule has 0 aliphatic rings. The van der Waals surface area contributed by atoms with Crippen molar-refractivity contribution < 1.29 is 0 Å². The molecular weight excluding hydrogens is 312 g/mol. The van der Waals surface area contributed by atoms with Crippen molar-refractivity contribution in [2.45, 2.75) is 31.3 Å². The normalized spacial score (nSPS) is 11.4. The van der Waals surface area contributed by atoms with E-state index >= 15 is 0 Å². The lowest BCUT2D eigenvalue weighted by Gasteiger charge is -2.13. The van der Waals surface area contributed by atoms with Gasteiger partial charge in [-0.05, 0) is 22.9 Å². The molecule has 3 nitrogen and oxygen atoms in total. The van der Waals surface area contributed by atoms with Crippen LogP contribution >= 0.6 is 23.1 Å². The van der Waals surface area contributed by atoms with E-state index in [9.17, 15) is 4.79 Å². The Kier molecular flexibility index (Phi) is 4.64. The maximum atomic E-state index is 12.7. The van der Waals surface area contributed by atoms with Crippen LogP contribution in [-0.2, 0) is 12.3 Å². The molecule has 3 aromatic rings. The molecule has 0 radical (unpaired) electrons. The summed E-state index contributed by atoms with van der Waals surface area (Å²) >= 11 is 3.10. The molecule has 2 aromatic heterocycles. The summed E-state index contributed by atoms with van der Waals surface area (Å²) in [7, 11) is 0. The van der Waals surface area contributed by atoms with E-state index in [1.165, 1.54) is 16.9 Å². The second-order valence-corrected chi connectivity index (χ2v) is 7.47. The van der Waals surface area contributed by atoms with E-state index in [0.717, 1.165) is 21.1 Å². The fourth-order valence-corrected chi connectivity index (χ4v) is 4.02. The smallest absolute Gasteiger partial charge is 0.272 e. The standard InChI is InChI=1S/C17H18N2OS2/c1-12(2)10-19-16(20)15-14(8-9-21-15)18-17(19)22-11-13-6-4-3-5-7-13/h3-9,12H,10-11H2,1-2H3.